The highest BCUT2D eigenvalue weighted by atomic mass is 16.5. The molecule has 3 aromatic heterocycles. The predicted molar refractivity (Wildman–Crippen MR) is 84.7 cm³/mol. The van der Waals surface area contributed by atoms with Gasteiger partial charge in [-0.25, -0.2) is 14.6 Å². The van der Waals surface area contributed by atoms with Gasteiger partial charge in [0.25, 0.3) is 5.91 Å². The Balaban J connectivity index is 1.79. The number of methoxy groups -OCH3 is 1. The number of nitrogens with zero attached hydrogens (tertiary/aromatic N) is 4. The molecule has 1 amide bonds. The van der Waals surface area contributed by atoms with Gasteiger partial charge in [-0.2, -0.15) is 5.10 Å². The highest BCUT2D eigenvalue weighted by molar-refractivity contribution is 5.94. The summed E-state index contributed by atoms with van der Waals surface area (Å²) in [7, 11) is 1.57. The van der Waals surface area contributed by atoms with Crippen LogP contribution in [0.2, 0.25) is 0 Å². The molecule has 0 unspecified atom stereocenters. The summed E-state index contributed by atoms with van der Waals surface area (Å²) in [5.41, 5.74) is 0.458. The minimum absolute atomic E-state index is 0.255. The van der Waals surface area contributed by atoms with Gasteiger partial charge in [0.05, 0.1) is 6.61 Å². The zero-order valence-corrected chi connectivity index (χ0v) is 13.3. The van der Waals surface area contributed by atoms with E-state index in [1.54, 1.807) is 25.4 Å². The van der Waals surface area contributed by atoms with Gasteiger partial charge in [0.1, 0.15) is 30.2 Å². The van der Waals surface area contributed by atoms with Gasteiger partial charge < -0.3 is 14.5 Å². The van der Waals surface area contributed by atoms with E-state index in [1.165, 1.54) is 17.3 Å². The standard InChI is InChI=1S/C16H17N5O3/c1-11-3-4-14(24-11)13(8-23-2)20-16(22)12-5-6-18-15(7-12)21-10-17-9-19-21/h3-7,9-10,13H,8H2,1-2H3,(H,20,22)/t13-/m0/s1. The Kier molecular flexibility index (Phi) is 4.66. The normalized spacial score (nSPS) is 12.1. The maximum absolute atomic E-state index is 12.6. The van der Waals surface area contributed by atoms with E-state index in [4.69, 9.17) is 9.15 Å². The fraction of sp³-hybridized carbons (Fsp3) is 0.250. The first-order valence-electron chi connectivity index (χ1n) is 7.34. The van der Waals surface area contributed by atoms with Crippen molar-refractivity contribution in [3.05, 3.63) is 60.2 Å². The molecule has 0 spiro atoms. The number of pyridine rings is 1. The van der Waals surface area contributed by atoms with E-state index in [0.717, 1.165) is 5.76 Å². The number of furan rings is 1. The molecule has 0 fully saturated rings. The van der Waals surface area contributed by atoms with Crippen molar-refractivity contribution in [2.45, 2.75) is 13.0 Å². The largest absolute Gasteiger partial charge is 0.464 e. The minimum Gasteiger partial charge on any atom is -0.464 e. The number of aromatic nitrogens is 4. The maximum Gasteiger partial charge on any atom is 0.252 e. The highest BCUT2D eigenvalue weighted by Gasteiger charge is 2.19. The maximum atomic E-state index is 12.6. The number of carbonyl (C=O) groups is 1. The molecule has 3 aromatic rings. The summed E-state index contributed by atoms with van der Waals surface area (Å²) in [6.45, 7) is 2.15. The second kappa shape index (κ2) is 7.05. The third-order valence-corrected chi connectivity index (χ3v) is 3.40. The van der Waals surface area contributed by atoms with Gasteiger partial charge in [-0.3, -0.25) is 4.79 Å². The molecule has 24 heavy (non-hydrogen) atoms. The van der Waals surface area contributed by atoms with Crippen molar-refractivity contribution in [1.82, 2.24) is 25.1 Å². The molecule has 0 aliphatic heterocycles. The number of hydrogen-bond acceptors (Lipinski definition) is 6. The number of rotatable bonds is 6. The van der Waals surface area contributed by atoms with E-state index in [-0.39, 0.29) is 11.9 Å². The number of aryl methyl sites for hydroxylation is 1. The van der Waals surface area contributed by atoms with E-state index >= 15 is 0 Å². The number of hydrogen-bond donors (Lipinski definition) is 1. The summed E-state index contributed by atoms with van der Waals surface area (Å²) >= 11 is 0. The summed E-state index contributed by atoms with van der Waals surface area (Å²) in [5.74, 6) is 1.68. The van der Waals surface area contributed by atoms with Gasteiger partial charge in [0, 0.05) is 18.9 Å². The molecule has 1 atom stereocenters. The van der Waals surface area contributed by atoms with Gasteiger partial charge in [0.2, 0.25) is 0 Å². The van der Waals surface area contributed by atoms with Crippen LogP contribution < -0.4 is 5.32 Å². The fourth-order valence-electron chi connectivity index (χ4n) is 2.26. The van der Waals surface area contributed by atoms with Crippen molar-refractivity contribution in [1.29, 1.82) is 0 Å². The first-order chi connectivity index (χ1) is 11.7. The van der Waals surface area contributed by atoms with Crippen molar-refractivity contribution in [2.75, 3.05) is 13.7 Å². The molecule has 124 valence electrons. The monoisotopic (exact) mass is 327 g/mol. The van der Waals surface area contributed by atoms with Crippen LogP contribution >= 0.6 is 0 Å². The molecule has 8 nitrogen and oxygen atoms in total. The quantitative estimate of drug-likeness (QED) is 0.740. The Labute approximate surface area is 138 Å². The van der Waals surface area contributed by atoms with Crippen molar-refractivity contribution >= 4 is 5.91 Å². The molecule has 0 aliphatic rings. The first-order valence-corrected chi connectivity index (χ1v) is 7.34. The molecule has 3 heterocycles. The molecule has 1 N–H and O–H groups in total. The van der Waals surface area contributed by atoms with Crippen molar-refractivity contribution in [3.8, 4) is 5.82 Å². The Bertz CT molecular complexity index is 813. The molecule has 0 aromatic carbocycles. The van der Waals surface area contributed by atoms with Crippen LogP contribution in [0.3, 0.4) is 0 Å². The molecular weight excluding hydrogens is 310 g/mol. The van der Waals surface area contributed by atoms with E-state index in [0.29, 0.717) is 23.7 Å². The highest BCUT2D eigenvalue weighted by Crippen LogP contribution is 2.17. The third-order valence-electron chi connectivity index (χ3n) is 3.40. The van der Waals surface area contributed by atoms with Crippen LogP contribution in [0.5, 0.6) is 0 Å². The predicted octanol–water partition coefficient (Wildman–Crippen LogP) is 1.68. The van der Waals surface area contributed by atoms with E-state index in [1.807, 2.05) is 19.1 Å². The van der Waals surface area contributed by atoms with Gasteiger partial charge >= 0.3 is 0 Å². The lowest BCUT2D eigenvalue weighted by atomic mass is 10.2. The Morgan fingerprint density at radius 2 is 2.29 bits per heavy atom. The fourth-order valence-corrected chi connectivity index (χ4v) is 2.26. The minimum atomic E-state index is -0.376. The molecule has 0 saturated carbocycles. The topological polar surface area (TPSA) is 95.1 Å². The van der Waals surface area contributed by atoms with Crippen LogP contribution in [0, 0.1) is 6.92 Å². The van der Waals surface area contributed by atoms with E-state index in [2.05, 4.69) is 20.4 Å². The van der Waals surface area contributed by atoms with E-state index in [9.17, 15) is 4.79 Å². The number of amides is 1. The smallest absolute Gasteiger partial charge is 0.252 e. The molecule has 3 rings (SSSR count). The van der Waals surface area contributed by atoms with Crippen LogP contribution in [-0.2, 0) is 4.74 Å². The lowest BCUT2D eigenvalue weighted by Crippen LogP contribution is -2.31. The molecule has 0 saturated heterocycles. The summed E-state index contributed by atoms with van der Waals surface area (Å²) in [6.07, 6.45) is 4.47. The Morgan fingerprint density at radius 3 is 2.96 bits per heavy atom. The zero-order chi connectivity index (χ0) is 16.9. The number of nitrogens with one attached hydrogen (secondary N) is 1. The number of ether oxygens (including phenoxy) is 1. The zero-order valence-electron chi connectivity index (χ0n) is 13.3. The Hall–Kier alpha value is -3.00. The number of carbonyl (C=O) groups excluding carboxylic acids is 1. The van der Waals surface area contributed by atoms with Crippen LogP contribution in [-0.4, -0.2) is 39.4 Å². The molecule has 0 aliphatic carbocycles. The van der Waals surface area contributed by atoms with E-state index < -0.39 is 0 Å². The van der Waals surface area contributed by atoms with Crippen LogP contribution in [0.25, 0.3) is 5.82 Å². The van der Waals surface area contributed by atoms with Crippen LogP contribution in [0.1, 0.15) is 27.9 Å². The summed E-state index contributed by atoms with van der Waals surface area (Å²) in [6, 6.07) is 6.57. The van der Waals surface area contributed by atoms with Crippen molar-refractivity contribution in [2.24, 2.45) is 0 Å². The summed E-state index contributed by atoms with van der Waals surface area (Å²) in [5, 5.41) is 6.91. The molecule has 0 radical (unpaired) electrons. The third kappa shape index (κ3) is 3.49. The summed E-state index contributed by atoms with van der Waals surface area (Å²) < 4.78 is 12.3. The molecule has 8 heteroatoms. The molecular formula is C16H17N5O3. The molecule has 0 bridgehead atoms. The lowest BCUT2D eigenvalue weighted by Gasteiger charge is -2.16. The Morgan fingerprint density at radius 1 is 1.42 bits per heavy atom. The lowest BCUT2D eigenvalue weighted by molar-refractivity contribution is 0.0882. The van der Waals surface area contributed by atoms with Crippen molar-refractivity contribution < 1.29 is 13.9 Å². The van der Waals surface area contributed by atoms with Gasteiger partial charge in [-0.1, -0.05) is 0 Å². The second-order valence-corrected chi connectivity index (χ2v) is 5.17. The SMILES string of the molecule is COC[C@H](NC(=O)c1ccnc(-n2cncn2)c1)c1ccc(C)o1. The van der Waals surface area contributed by atoms with Gasteiger partial charge in [0.15, 0.2) is 5.82 Å². The van der Waals surface area contributed by atoms with Gasteiger partial charge in [-0.15, -0.1) is 0 Å². The average molecular weight is 327 g/mol. The van der Waals surface area contributed by atoms with Gasteiger partial charge in [-0.05, 0) is 31.2 Å². The average Bonchev–Trinajstić information content (AvgIpc) is 3.26. The van der Waals surface area contributed by atoms with Crippen molar-refractivity contribution in [3.63, 3.8) is 0 Å². The first kappa shape index (κ1) is 15.9. The van der Waals surface area contributed by atoms with Crippen LogP contribution in [0.4, 0.5) is 0 Å². The van der Waals surface area contributed by atoms with Crippen LogP contribution in [0.15, 0.2) is 47.5 Å². The second-order valence-electron chi connectivity index (χ2n) is 5.17. The summed E-state index contributed by atoms with van der Waals surface area (Å²) in [4.78, 5) is 20.6.